The van der Waals surface area contributed by atoms with Crippen molar-refractivity contribution in [3.63, 3.8) is 0 Å². The summed E-state index contributed by atoms with van der Waals surface area (Å²) in [6.07, 6.45) is 4.53. The zero-order valence-electron chi connectivity index (χ0n) is 22.3. The Bertz CT molecular complexity index is 1360. The van der Waals surface area contributed by atoms with Crippen LogP contribution in [0, 0.1) is 5.92 Å². The van der Waals surface area contributed by atoms with Crippen molar-refractivity contribution in [1.82, 2.24) is 19.2 Å². The van der Waals surface area contributed by atoms with Crippen molar-refractivity contribution < 1.29 is 19.1 Å². The monoisotopic (exact) mass is 542 g/mol. The van der Waals surface area contributed by atoms with E-state index in [0.29, 0.717) is 54.5 Å². The van der Waals surface area contributed by atoms with Gasteiger partial charge in [-0.15, -0.1) is 0 Å². The van der Waals surface area contributed by atoms with Crippen LogP contribution in [-0.4, -0.2) is 57.7 Å². The molecule has 1 aliphatic heterocycles. The van der Waals surface area contributed by atoms with E-state index in [1.165, 1.54) is 4.57 Å². The molecule has 0 saturated carbocycles. The average Bonchev–Trinajstić information content (AvgIpc) is 3.27. The van der Waals surface area contributed by atoms with E-state index < -0.39 is 0 Å². The maximum absolute atomic E-state index is 13.6. The van der Waals surface area contributed by atoms with Gasteiger partial charge in [-0.05, 0) is 31.9 Å². The third-order valence-electron chi connectivity index (χ3n) is 6.25. The molecule has 3 aromatic rings. The number of nitrogens with zero attached hydrogens (tertiary/aromatic N) is 3. The zero-order valence-corrected chi connectivity index (χ0v) is 23.0. The fourth-order valence-corrected chi connectivity index (χ4v) is 4.66. The number of carbonyl (C=O) groups is 2. The molecule has 2 aromatic heterocycles. The fourth-order valence-electron chi connectivity index (χ4n) is 4.47. The van der Waals surface area contributed by atoms with Gasteiger partial charge < -0.3 is 24.1 Å². The van der Waals surface area contributed by atoms with Crippen LogP contribution in [0.3, 0.4) is 0 Å². The van der Waals surface area contributed by atoms with Crippen molar-refractivity contribution in [3.8, 4) is 17.0 Å². The first kappa shape index (κ1) is 27.6. The largest absolute Gasteiger partial charge is 0.489 e. The van der Waals surface area contributed by atoms with Crippen LogP contribution >= 0.6 is 11.6 Å². The van der Waals surface area contributed by atoms with Crippen LogP contribution in [0.15, 0.2) is 47.5 Å². The molecule has 9 nitrogen and oxygen atoms in total. The number of likely N-dealkylation sites (tertiary alicyclic amines) is 1. The van der Waals surface area contributed by atoms with E-state index in [9.17, 15) is 14.4 Å². The molecule has 0 unspecified atom stereocenters. The van der Waals surface area contributed by atoms with E-state index in [1.807, 2.05) is 40.0 Å². The minimum atomic E-state index is -0.307. The molecule has 204 valence electrons. The summed E-state index contributed by atoms with van der Waals surface area (Å²) in [5, 5.41) is 3.38. The van der Waals surface area contributed by atoms with Gasteiger partial charge in [-0.3, -0.25) is 14.2 Å². The second-order valence-corrected chi connectivity index (χ2v) is 10.8. The number of amides is 2. The highest BCUT2D eigenvalue weighted by atomic mass is 35.5. The van der Waals surface area contributed by atoms with Crippen LogP contribution in [0.1, 0.15) is 40.5 Å². The van der Waals surface area contributed by atoms with Gasteiger partial charge in [0.15, 0.2) is 0 Å². The smallest absolute Gasteiger partial charge is 0.409 e. The number of piperidine rings is 1. The SMILES string of the molecule is CC(C)COC(=O)N1CCC(Oc2cc3c(=O)n(CC(=O)NC(C)C)c(-c4cccc(Cl)c4)cn3c2)CC1. The number of rotatable bonds is 8. The van der Waals surface area contributed by atoms with Crippen LogP contribution in [0.2, 0.25) is 5.02 Å². The first-order valence-corrected chi connectivity index (χ1v) is 13.4. The third kappa shape index (κ3) is 6.69. The summed E-state index contributed by atoms with van der Waals surface area (Å²) in [4.78, 5) is 40.1. The summed E-state index contributed by atoms with van der Waals surface area (Å²) in [6.45, 7) is 9.12. The van der Waals surface area contributed by atoms with Gasteiger partial charge in [-0.2, -0.15) is 0 Å². The summed E-state index contributed by atoms with van der Waals surface area (Å²) in [6, 6.07) is 8.83. The normalized spacial score (nSPS) is 14.3. The average molecular weight is 543 g/mol. The second kappa shape index (κ2) is 11.9. The number of benzene rings is 1. The Morgan fingerprint density at radius 3 is 2.50 bits per heavy atom. The molecule has 1 fully saturated rings. The molecule has 1 aliphatic rings. The maximum atomic E-state index is 13.6. The highest BCUT2D eigenvalue weighted by Crippen LogP contribution is 2.26. The number of nitrogens with one attached hydrogen (secondary N) is 1. The van der Waals surface area contributed by atoms with Crippen molar-refractivity contribution in [2.45, 2.75) is 59.2 Å². The summed E-state index contributed by atoms with van der Waals surface area (Å²) in [5.41, 5.74) is 1.39. The Morgan fingerprint density at radius 1 is 1.11 bits per heavy atom. The van der Waals surface area contributed by atoms with E-state index >= 15 is 0 Å². The van der Waals surface area contributed by atoms with Gasteiger partial charge in [0, 0.05) is 54.8 Å². The minimum absolute atomic E-state index is 0.0478. The summed E-state index contributed by atoms with van der Waals surface area (Å²) < 4.78 is 14.7. The molecule has 3 heterocycles. The Morgan fingerprint density at radius 2 is 1.84 bits per heavy atom. The van der Waals surface area contributed by atoms with E-state index in [4.69, 9.17) is 21.1 Å². The molecule has 1 aromatic carbocycles. The van der Waals surface area contributed by atoms with Crippen molar-refractivity contribution in [1.29, 1.82) is 0 Å². The number of hydrogen-bond donors (Lipinski definition) is 1. The number of ether oxygens (including phenoxy) is 2. The van der Waals surface area contributed by atoms with Crippen LogP contribution in [0.5, 0.6) is 5.75 Å². The molecule has 0 aliphatic carbocycles. The van der Waals surface area contributed by atoms with E-state index in [1.54, 1.807) is 39.8 Å². The predicted molar refractivity (Wildman–Crippen MR) is 147 cm³/mol. The lowest BCUT2D eigenvalue weighted by Gasteiger charge is -2.31. The molecule has 10 heteroatoms. The summed E-state index contributed by atoms with van der Waals surface area (Å²) in [7, 11) is 0. The molecule has 1 saturated heterocycles. The van der Waals surface area contributed by atoms with Crippen molar-refractivity contribution >= 4 is 29.1 Å². The van der Waals surface area contributed by atoms with Gasteiger partial charge in [0.2, 0.25) is 5.91 Å². The molecular formula is C28H35ClN4O5. The van der Waals surface area contributed by atoms with Gasteiger partial charge in [0.1, 0.15) is 23.9 Å². The van der Waals surface area contributed by atoms with Crippen molar-refractivity contribution in [2.24, 2.45) is 5.92 Å². The van der Waals surface area contributed by atoms with E-state index in [0.717, 1.165) is 5.56 Å². The second-order valence-electron chi connectivity index (χ2n) is 10.4. The first-order valence-electron chi connectivity index (χ1n) is 13.0. The molecular weight excluding hydrogens is 508 g/mol. The molecule has 2 amide bonds. The maximum Gasteiger partial charge on any atom is 0.409 e. The van der Waals surface area contributed by atoms with Crippen LogP contribution in [0.4, 0.5) is 4.79 Å². The third-order valence-corrected chi connectivity index (χ3v) is 6.49. The minimum Gasteiger partial charge on any atom is -0.489 e. The van der Waals surface area contributed by atoms with Crippen molar-refractivity contribution in [3.05, 3.63) is 58.1 Å². The molecule has 0 bridgehead atoms. The van der Waals surface area contributed by atoms with Gasteiger partial charge >= 0.3 is 6.09 Å². The number of halogens is 1. The molecule has 1 N–H and O–H groups in total. The van der Waals surface area contributed by atoms with Gasteiger partial charge in [-0.25, -0.2) is 4.79 Å². The lowest BCUT2D eigenvalue weighted by Crippen LogP contribution is -2.42. The standard InChI is InChI=1S/C28H35ClN4O5/c1-18(2)17-37-28(36)31-10-8-22(9-11-31)38-23-13-24-27(35)33(16-26(34)30-19(3)4)25(15-32(24)14-23)20-6-5-7-21(29)12-20/h5-7,12-15,18-19,22H,8-11,16-17H2,1-4H3,(H,30,34). The Hall–Kier alpha value is -3.46. The molecule has 0 spiro atoms. The summed E-state index contributed by atoms with van der Waals surface area (Å²) >= 11 is 6.23. The fraction of sp³-hybridized carbons (Fsp3) is 0.464. The Kier molecular flexibility index (Phi) is 8.66. The van der Waals surface area contributed by atoms with Crippen LogP contribution in [-0.2, 0) is 16.1 Å². The number of fused-ring (bicyclic) bond motifs is 1. The lowest BCUT2D eigenvalue weighted by atomic mass is 10.1. The van der Waals surface area contributed by atoms with Crippen LogP contribution in [0.25, 0.3) is 16.8 Å². The molecule has 0 atom stereocenters. The number of hydrogen-bond acceptors (Lipinski definition) is 5. The first-order chi connectivity index (χ1) is 18.1. The highest BCUT2D eigenvalue weighted by molar-refractivity contribution is 6.30. The van der Waals surface area contributed by atoms with Gasteiger partial charge in [0.05, 0.1) is 18.5 Å². The quantitative estimate of drug-likeness (QED) is 0.449. The predicted octanol–water partition coefficient (Wildman–Crippen LogP) is 4.58. The number of carbonyl (C=O) groups excluding carboxylic acids is 2. The Labute approximate surface area is 227 Å². The van der Waals surface area contributed by atoms with E-state index in [-0.39, 0.29) is 42.2 Å². The highest BCUT2D eigenvalue weighted by Gasteiger charge is 2.26. The molecule has 38 heavy (non-hydrogen) atoms. The Balaban J connectivity index is 1.56. The topological polar surface area (TPSA) is 94.3 Å². The van der Waals surface area contributed by atoms with Gasteiger partial charge in [0.25, 0.3) is 5.56 Å². The van der Waals surface area contributed by atoms with E-state index in [2.05, 4.69) is 5.32 Å². The van der Waals surface area contributed by atoms with Crippen LogP contribution < -0.4 is 15.6 Å². The zero-order chi connectivity index (χ0) is 27.4. The van der Waals surface area contributed by atoms with Crippen molar-refractivity contribution in [2.75, 3.05) is 19.7 Å². The van der Waals surface area contributed by atoms with Gasteiger partial charge in [-0.1, -0.05) is 37.6 Å². The number of aromatic nitrogens is 2. The summed E-state index contributed by atoms with van der Waals surface area (Å²) in [5.74, 6) is 0.596. The molecule has 0 radical (unpaired) electrons. The molecule has 4 rings (SSSR count). The lowest BCUT2D eigenvalue weighted by molar-refractivity contribution is -0.122.